The van der Waals surface area contributed by atoms with Crippen LogP contribution < -0.4 is 0 Å². The Balaban J connectivity index is 2.50. The largest absolute Gasteiger partial charge is 0.480 e. The minimum Gasteiger partial charge on any atom is -0.480 e. The predicted octanol–water partition coefficient (Wildman–Crippen LogP) is 0.424. The Hall–Kier alpha value is -2.51. The van der Waals surface area contributed by atoms with Gasteiger partial charge in [0.2, 0.25) is 0 Å². The van der Waals surface area contributed by atoms with Gasteiger partial charge in [0.05, 0.1) is 10.4 Å². The van der Waals surface area contributed by atoms with Gasteiger partial charge in [-0.2, -0.15) is 0 Å². The minimum absolute atomic E-state index is 0.102. The molecule has 0 bridgehead atoms. The molecule has 0 spiro atoms. The fraction of sp³-hybridized carbons (Fsp3) is 0.125. The molecule has 0 saturated carbocycles. The van der Waals surface area contributed by atoms with E-state index in [2.05, 4.69) is 10.3 Å². The van der Waals surface area contributed by atoms with Crippen LogP contribution >= 0.6 is 0 Å². The Bertz CT molecular complexity index is 576. The Labute approximate surface area is 88.2 Å². The van der Waals surface area contributed by atoms with E-state index in [4.69, 9.17) is 5.11 Å². The number of non-ortho nitro benzene ring substituents is 1. The molecular formula is C8H6N4O4. The van der Waals surface area contributed by atoms with Crippen molar-refractivity contribution in [1.82, 2.24) is 15.0 Å². The van der Waals surface area contributed by atoms with Crippen molar-refractivity contribution in [1.29, 1.82) is 0 Å². The van der Waals surface area contributed by atoms with Gasteiger partial charge < -0.3 is 5.11 Å². The number of benzene rings is 1. The molecule has 0 aliphatic rings. The zero-order valence-electron chi connectivity index (χ0n) is 7.90. The third kappa shape index (κ3) is 1.67. The van der Waals surface area contributed by atoms with E-state index in [1.807, 2.05) is 0 Å². The highest BCUT2D eigenvalue weighted by molar-refractivity contribution is 5.78. The van der Waals surface area contributed by atoms with Crippen molar-refractivity contribution in [2.75, 3.05) is 0 Å². The fourth-order valence-electron chi connectivity index (χ4n) is 1.32. The highest BCUT2D eigenvalue weighted by Crippen LogP contribution is 2.18. The zero-order valence-corrected chi connectivity index (χ0v) is 7.90. The summed E-state index contributed by atoms with van der Waals surface area (Å²) in [7, 11) is 0. The van der Waals surface area contributed by atoms with Crippen molar-refractivity contribution < 1.29 is 14.8 Å². The van der Waals surface area contributed by atoms with Gasteiger partial charge in [0.15, 0.2) is 0 Å². The first-order valence-corrected chi connectivity index (χ1v) is 4.27. The Morgan fingerprint density at radius 1 is 1.56 bits per heavy atom. The first kappa shape index (κ1) is 10.0. The summed E-state index contributed by atoms with van der Waals surface area (Å²) in [6.07, 6.45) is 0. The van der Waals surface area contributed by atoms with Gasteiger partial charge in [0, 0.05) is 12.1 Å². The van der Waals surface area contributed by atoms with Gasteiger partial charge in [-0.15, -0.1) is 5.10 Å². The summed E-state index contributed by atoms with van der Waals surface area (Å²) in [6.45, 7) is -0.325. The van der Waals surface area contributed by atoms with E-state index in [1.54, 1.807) is 0 Å². The second kappa shape index (κ2) is 3.57. The first-order chi connectivity index (χ1) is 7.58. The van der Waals surface area contributed by atoms with Crippen LogP contribution in [0.15, 0.2) is 18.2 Å². The van der Waals surface area contributed by atoms with Gasteiger partial charge in [-0.25, -0.2) is 4.68 Å². The summed E-state index contributed by atoms with van der Waals surface area (Å²) in [6, 6.07) is 3.96. The Kier molecular flexibility index (Phi) is 2.24. The molecule has 0 fully saturated rings. The van der Waals surface area contributed by atoms with Crippen molar-refractivity contribution in [2.24, 2.45) is 0 Å². The number of hydrogen-bond acceptors (Lipinski definition) is 5. The van der Waals surface area contributed by atoms with Crippen molar-refractivity contribution >= 4 is 22.7 Å². The fourth-order valence-corrected chi connectivity index (χ4v) is 1.32. The maximum atomic E-state index is 10.5. The minimum atomic E-state index is -1.05. The molecule has 2 rings (SSSR count). The van der Waals surface area contributed by atoms with Crippen molar-refractivity contribution in [2.45, 2.75) is 6.54 Å². The number of aromatic nitrogens is 3. The van der Waals surface area contributed by atoms with Crippen LogP contribution in [0, 0.1) is 10.1 Å². The Morgan fingerprint density at radius 2 is 2.31 bits per heavy atom. The van der Waals surface area contributed by atoms with E-state index in [0.717, 1.165) is 0 Å². The first-order valence-electron chi connectivity index (χ1n) is 4.27. The quantitative estimate of drug-likeness (QED) is 0.595. The average molecular weight is 222 g/mol. The standard InChI is InChI=1S/C8H6N4O4/c13-8(14)4-11-7-2-1-5(12(15)16)3-6(7)9-10-11/h1-3H,4H2,(H,13,14). The van der Waals surface area contributed by atoms with E-state index in [1.165, 1.54) is 22.9 Å². The molecule has 1 heterocycles. The van der Waals surface area contributed by atoms with E-state index < -0.39 is 10.9 Å². The summed E-state index contributed by atoms with van der Waals surface area (Å²) in [4.78, 5) is 20.4. The van der Waals surface area contributed by atoms with Crippen molar-refractivity contribution in [3.63, 3.8) is 0 Å². The van der Waals surface area contributed by atoms with Gasteiger partial charge in [-0.05, 0) is 6.07 Å². The monoisotopic (exact) mass is 222 g/mol. The highest BCUT2D eigenvalue weighted by Gasteiger charge is 2.12. The van der Waals surface area contributed by atoms with Crippen LogP contribution in [0.2, 0.25) is 0 Å². The SMILES string of the molecule is O=C(O)Cn1nnc2cc([N+](=O)[O-])ccc21. The average Bonchev–Trinajstić information content (AvgIpc) is 2.60. The molecule has 0 amide bonds. The van der Waals surface area contributed by atoms with Crippen LogP contribution in [0.1, 0.15) is 0 Å². The lowest BCUT2D eigenvalue weighted by Crippen LogP contribution is -2.09. The van der Waals surface area contributed by atoms with E-state index >= 15 is 0 Å². The summed E-state index contributed by atoms with van der Waals surface area (Å²) in [5.41, 5.74) is 0.651. The third-order valence-corrected chi connectivity index (χ3v) is 1.99. The topological polar surface area (TPSA) is 111 Å². The lowest BCUT2D eigenvalue weighted by molar-refractivity contribution is -0.384. The molecule has 0 saturated heterocycles. The molecule has 8 nitrogen and oxygen atoms in total. The number of aliphatic carboxylic acids is 1. The number of rotatable bonds is 3. The van der Waals surface area contributed by atoms with Gasteiger partial charge in [-0.3, -0.25) is 14.9 Å². The summed E-state index contributed by atoms with van der Waals surface area (Å²) < 4.78 is 1.17. The molecule has 1 N–H and O–H groups in total. The lowest BCUT2D eigenvalue weighted by Gasteiger charge is -1.96. The summed E-state index contributed by atoms with van der Waals surface area (Å²) in [5.74, 6) is -1.05. The molecule has 0 radical (unpaired) electrons. The molecule has 0 aliphatic carbocycles. The number of nitro groups is 1. The second-order valence-electron chi connectivity index (χ2n) is 3.07. The van der Waals surface area contributed by atoms with Crippen LogP contribution in [0.3, 0.4) is 0 Å². The Morgan fingerprint density at radius 3 is 2.94 bits per heavy atom. The van der Waals surface area contributed by atoms with Crippen LogP contribution in [-0.2, 0) is 11.3 Å². The van der Waals surface area contributed by atoms with Crippen LogP contribution in [0.5, 0.6) is 0 Å². The van der Waals surface area contributed by atoms with Gasteiger partial charge in [0.1, 0.15) is 12.1 Å². The number of fused-ring (bicyclic) bond motifs is 1. The smallest absolute Gasteiger partial charge is 0.325 e. The predicted molar refractivity (Wildman–Crippen MR) is 51.8 cm³/mol. The third-order valence-electron chi connectivity index (χ3n) is 1.99. The number of nitrogens with zero attached hydrogens (tertiary/aromatic N) is 4. The molecule has 16 heavy (non-hydrogen) atoms. The molecule has 8 heteroatoms. The van der Waals surface area contributed by atoms with Gasteiger partial charge in [0.25, 0.3) is 5.69 Å². The second-order valence-corrected chi connectivity index (χ2v) is 3.07. The molecule has 2 aromatic rings. The normalized spacial score (nSPS) is 10.5. The number of carbonyl (C=O) groups is 1. The molecule has 0 aliphatic heterocycles. The van der Waals surface area contributed by atoms with E-state index in [9.17, 15) is 14.9 Å². The molecule has 0 atom stereocenters. The maximum absolute atomic E-state index is 10.5. The number of carboxylic acid groups (broad SMARTS) is 1. The zero-order chi connectivity index (χ0) is 11.7. The molecular weight excluding hydrogens is 216 g/mol. The van der Waals surface area contributed by atoms with E-state index in [0.29, 0.717) is 11.0 Å². The number of nitro benzene ring substituents is 1. The summed E-state index contributed by atoms with van der Waals surface area (Å²) >= 11 is 0. The van der Waals surface area contributed by atoms with Crippen LogP contribution in [-0.4, -0.2) is 31.0 Å². The highest BCUT2D eigenvalue weighted by atomic mass is 16.6. The number of carboxylic acids is 1. The summed E-state index contributed by atoms with van der Waals surface area (Å²) in [5, 5.41) is 26.3. The van der Waals surface area contributed by atoms with E-state index in [-0.39, 0.29) is 12.2 Å². The lowest BCUT2D eigenvalue weighted by atomic mass is 10.3. The van der Waals surface area contributed by atoms with Crippen LogP contribution in [0.4, 0.5) is 5.69 Å². The van der Waals surface area contributed by atoms with Crippen molar-refractivity contribution in [3.05, 3.63) is 28.3 Å². The molecule has 1 aromatic carbocycles. The van der Waals surface area contributed by atoms with Gasteiger partial charge >= 0.3 is 5.97 Å². The molecule has 0 unspecified atom stereocenters. The van der Waals surface area contributed by atoms with Crippen LogP contribution in [0.25, 0.3) is 11.0 Å². The molecule has 82 valence electrons. The molecule has 1 aromatic heterocycles. The van der Waals surface area contributed by atoms with Crippen molar-refractivity contribution in [3.8, 4) is 0 Å². The van der Waals surface area contributed by atoms with Gasteiger partial charge in [-0.1, -0.05) is 5.21 Å². The maximum Gasteiger partial charge on any atom is 0.325 e. The number of hydrogen-bond donors (Lipinski definition) is 1.